The largest absolute Gasteiger partial charge is 0.506 e. The number of phenolic OH excluding ortho intramolecular Hbond substituents is 1. The summed E-state index contributed by atoms with van der Waals surface area (Å²) in [6.07, 6.45) is 2.75. The maximum absolute atomic E-state index is 11.6. The molecule has 0 bridgehead atoms. The third kappa shape index (κ3) is 3.75. The van der Waals surface area contributed by atoms with Crippen molar-refractivity contribution in [2.24, 2.45) is 0 Å². The van der Waals surface area contributed by atoms with Crippen molar-refractivity contribution in [3.63, 3.8) is 0 Å². The number of rotatable bonds is 6. The quantitative estimate of drug-likeness (QED) is 0.675. The molecule has 0 aliphatic rings. The Morgan fingerprint density at radius 2 is 1.88 bits per heavy atom. The van der Waals surface area contributed by atoms with Crippen molar-refractivity contribution in [1.82, 2.24) is 15.0 Å². The van der Waals surface area contributed by atoms with Crippen molar-refractivity contribution in [2.75, 3.05) is 0 Å². The molecule has 6 heteroatoms. The van der Waals surface area contributed by atoms with Gasteiger partial charge in [-0.05, 0) is 55.7 Å². The smallest absolute Gasteiger partial charge is 0.183 e. The fraction of sp³-hybridized carbons (Fsp3) is 0.211. The number of aliphatic hydroxyl groups is 1. The Hall–Kier alpha value is -2.99. The van der Waals surface area contributed by atoms with Gasteiger partial charge in [0.2, 0.25) is 0 Å². The molecule has 3 aromatic rings. The van der Waals surface area contributed by atoms with Crippen LogP contribution in [0, 0.1) is 0 Å². The second kappa shape index (κ2) is 7.27. The van der Waals surface area contributed by atoms with Crippen LogP contribution in [0.3, 0.4) is 0 Å². The number of aromatic hydroxyl groups is 1. The van der Waals surface area contributed by atoms with Gasteiger partial charge in [0, 0.05) is 0 Å². The maximum atomic E-state index is 11.6. The average molecular weight is 337 g/mol. The van der Waals surface area contributed by atoms with Crippen LogP contribution >= 0.6 is 0 Å². The molecule has 0 fully saturated rings. The number of allylic oxidation sites excluding steroid dienone is 1. The van der Waals surface area contributed by atoms with Gasteiger partial charge in [-0.3, -0.25) is 4.79 Å². The number of hydrogen-bond donors (Lipinski definition) is 2. The summed E-state index contributed by atoms with van der Waals surface area (Å²) in [5, 5.41) is 28.7. The number of nitrogens with zero attached hydrogens (tertiary/aromatic N) is 3. The molecule has 6 nitrogen and oxygen atoms in total. The summed E-state index contributed by atoms with van der Waals surface area (Å²) in [6, 6.07) is 12.5. The molecule has 128 valence electrons. The standard InChI is InChI=1S/C19H19N3O3/c1-2-5-18(24)19(25)11-9-13-8-10-17(23)16(12-13)22-20-14-6-3-4-7-15(14)21-22/h2-8,10,12,19,23,25H,9,11H2,1H3. The van der Waals surface area contributed by atoms with Crippen molar-refractivity contribution < 1.29 is 15.0 Å². The lowest BCUT2D eigenvalue weighted by Gasteiger charge is -2.09. The summed E-state index contributed by atoms with van der Waals surface area (Å²) in [4.78, 5) is 13.0. The van der Waals surface area contributed by atoms with Crippen LogP contribution in [-0.4, -0.2) is 37.1 Å². The van der Waals surface area contributed by atoms with Crippen molar-refractivity contribution in [3.8, 4) is 11.4 Å². The van der Waals surface area contributed by atoms with E-state index in [0.29, 0.717) is 18.5 Å². The second-order valence-corrected chi connectivity index (χ2v) is 5.76. The predicted molar refractivity (Wildman–Crippen MR) is 94.7 cm³/mol. The normalized spacial score (nSPS) is 12.7. The summed E-state index contributed by atoms with van der Waals surface area (Å²) in [6.45, 7) is 1.73. The number of carbonyl (C=O) groups excluding carboxylic acids is 1. The zero-order chi connectivity index (χ0) is 17.8. The van der Waals surface area contributed by atoms with Gasteiger partial charge in [-0.15, -0.1) is 15.0 Å². The molecule has 25 heavy (non-hydrogen) atoms. The zero-order valence-electron chi connectivity index (χ0n) is 13.8. The number of aliphatic hydroxyl groups excluding tert-OH is 1. The number of fused-ring (bicyclic) bond motifs is 1. The predicted octanol–water partition coefficient (Wildman–Crippen LogP) is 2.56. The van der Waals surface area contributed by atoms with E-state index in [2.05, 4.69) is 10.2 Å². The van der Waals surface area contributed by atoms with Crippen LogP contribution in [0.15, 0.2) is 54.6 Å². The van der Waals surface area contributed by atoms with Crippen LogP contribution in [0.1, 0.15) is 18.9 Å². The first kappa shape index (κ1) is 16.9. The molecular weight excluding hydrogens is 318 g/mol. The van der Waals surface area contributed by atoms with E-state index in [0.717, 1.165) is 16.6 Å². The van der Waals surface area contributed by atoms with E-state index in [1.165, 1.54) is 10.9 Å². The van der Waals surface area contributed by atoms with E-state index in [1.54, 1.807) is 31.2 Å². The highest BCUT2D eigenvalue weighted by atomic mass is 16.3. The van der Waals surface area contributed by atoms with Crippen LogP contribution in [0.2, 0.25) is 0 Å². The zero-order valence-corrected chi connectivity index (χ0v) is 13.8. The van der Waals surface area contributed by atoms with E-state index in [4.69, 9.17) is 0 Å². The van der Waals surface area contributed by atoms with Gasteiger partial charge in [-0.25, -0.2) is 0 Å². The SMILES string of the molecule is CC=CC(=O)C(O)CCc1ccc(O)c(-n2nc3ccccc3n2)c1. The van der Waals surface area contributed by atoms with Gasteiger partial charge in [0.25, 0.3) is 0 Å². The lowest BCUT2D eigenvalue weighted by Crippen LogP contribution is -2.18. The first-order valence-electron chi connectivity index (χ1n) is 8.07. The summed E-state index contributed by atoms with van der Waals surface area (Å²) in [7, 11) is 0. The molecule has 1 unspecified atom stereocenters. The Bertz CT molecular complexity index is 898. The van der Waals surface area contributed by atoms with Crippen molar-refractivity contribution in [2.45, 2.75) is 25.9 Å². The molecule has 1 aromatic heterocycles. The number of phenols is 1. The molecule has 1 heterocycles. The van der Waals surface area contributed by atoms with E-state index in [-0.39, 0.29) is 11.5 Å². The van der Waals surface area contributed by atoms with Gasteiger partial charge in [-0.2, -0.15) is 0 Å². The number of aryl methyl sites for hydroxylation is 1. The van der Waals surface area contributed by atoms with Crippen LogP contribution in [0.5, 0.6) is 5.75 Å². The van der Waals surface area contributed by atoms with Crippen LogP contribution in [-0.2, 0) is 11.2 Å². The lowest BCUT2D eigenvalue weighted by atomic mass is 10.0. The van der Waals surface area contributed by atoms with Gasteiger partial charge < -0.3 is 10.2 Å². The minimum atomic E-state index is -1.03. The number of benzene rings is 2. The molecular formula is C19H19N3O3. The van der Waals surface area contributed by atoms with Gasteiger partial charge in [0.05, 0.1) is 0 Å². The molecule has 0 saturated carbocycles. The second-order valence-electron chi connectivity index (χ2n) is 5.76. The number of carbonyl (C=O) groups is 1. The Labute approximate surface area is 145 Å². The molecule has 0 spiro atoms. The van der Waals surface area contributed by atoms with Crippen molar-refractivity contribution in [3.05, 3.63) is 60.2 Å². The van der Waals surface area contributed by atoms with Gasteiger partial charge in [0.15, 0.2) is 5.78 Å². The van der Waals surface area contributed by atoms with E-state index in [9.17, 15) is 15.0 Å². The van der Waals surface area contributed by atoms with Crippen molar-refractivity contribution >= 4 is 16.8 Å². The molecule has 2 N–H and O–H groups in total. The fourth-order valence-corrected chi connectivity index (χ4v) is 2.57. The molecule has 0 aliphatic carbocycles. The fourth-order valence-electron chi connectivity index (χ4n) is 2.57. The summed E-state index contributed by atoms with van der Waals surface area (Å²) in [5.74, 6) is -0.240. The molecule has 0 radical (unpaired) electrons. The first-order chi connectivity index (χ1) is 12.1. The molecule has 3 rings (SSSR count). The number of hydrogen-bond acceptors (Lipinski definition) is 5. The molecule has 0 aliphatic heterocycles. The van der Waals surface area contributed by atoms with Gasteiger partial charge in [0.1, 0.15) is 28.6 Å². The van der Waals surface area contributed by atoms with Crippen LogP contribution in [0.25, 0.3) is 16.7 Å². The molecule has 2 aromatic carbocycles. The average Bonchev–Trinajstić information content (AvgIpc) is 3.04. The van der Waals surface area contributed by atoms with Crippen LogP contribution in [0.4, 0.5) is 0 Å². The van der Waals surface area contributed by atoms with Crippen molar-refractivity contribution in [1.29, 1.82) is 0 Å². The topological polar surface area (TPSA) is 88.2 Å². The minimum Gasteiger partial charge on any atom is -0.506 e. The Kier molecular flexibility index (Phi) is 4.90. The highest BCUT2D eigenvalue weighted by Gasteiger charge is 2.14. The van der Waals surface area contributed by atoms with Crippen LogP contribution < -0.4 is 0 Å². The highest BCUT2D eigenvalue weighted by Crippen LogP contribution is 2.24. The third-order valence-electron chi connectivity index (χ3n) is 3.91. The highest BCUT2D eigenvalue weighted by molar-refractivity contribution is 5.93. The van der Waals surface area contributed by atoms with E-state index >= 15 is 0 Å². The number of aromatic nitrogens is 3. The Balaban J connectivity index is 1.82. The number of ketones is 1. The summed E-state index contributed by atoms with van der Waals surface area (Å²) in [5.41, 5.74) is 2.81. The summed E-state index contributed by atoms with van der Waals surface area (Å²) < 4.78 is 0. The Morgan fingerprint density at radius 1 is 1.20 bits per heavy atom. The van der Waals surface area contributed by atoms with Gasteiger partial charge >= 0.3 is 0 Å². The molecule has 1 atom stereocenters. The first-order valence-corrected chi connectivity index (χ1v) is 8.07. The van der Waals surface area contributed by atoms with E-state index < -0.39 is 6.10 Å². The maximum Gasteiger partial charge on any atom is 0.183 e. The third-order valence-corrected chi connectivity index (χ3v) is 3.91. The lowest BCUT2D eigenvalue weighted by molar-refractivity contribution is -0.122. The monoisotopic (exact) mass is 337 g/mol. The Morgan fingerprint density at radius 3 is 2.52 bits per heavy atom. The molecule has 0 saturated heterocycles. The van der Waals surface area contributed by atoms with E-state index in [1.807, 2.05) is 24.3 Å². The summed E-state index contributed by atoms with van der Waals surface area (Å²) >= 11 is 0. The minimum absolute atomic E-state index is 0.0644. The molecule has 0 amide bonds. The van der Waals surface area contributed by atoms with Gasteiger partial charge in [-0.1, -0.05) is 24.3 Å².